The van der Waals surface area contributed by atoms with E-state index in [4.69, 9.17) is 12.2 Å². The van der Waals surface area contributed by atoms with E-state index in [0.29, 0.717) is 10.7 Å². The molecule has 1 heterocycles. The third-order valence-electron chi connectivity index (χ3n) is 3.64. The second kappa shape index (κ2) is 8.08. The number of carbonyl (C=O) groups is 1. The molecule has 1 atom stereocenters. The topological polar surface area (TPSA) is 53.2 Å². The van der Waals surface area contributed by atoms with Crippen LogP contribution < -0.4 is 16.2 Å². The van der Waals surface area contributed by atoms with Crippen molar-refractivity contribution < 1.29 is 4.79 Å². The molecule has 2 rings (SSSR count). The van der Waals surface area contributed by atoms with Gasteiger partial charge in [-0.1, -0.05) is 37.3 Å². The third-order valence-corrected chi connectivity index (χ3v) is 4.81. The van der Waals surface area contributed by atoms with Gasteiger partial charge in [-0.25, -0.2) is 0 Å². The lowest BCUT2D eigenvalue weighted by atomic mass is 10.1. The van der Waals surface area contributed by atoms with Crippen LogP contribution in [0.4, 0.5) is 0 Å². The molecule has 0 fully saturated rings. The Morgan fingerprint density at radius 2 is 1.96 bits per heavy atom. The number of rotatable bonds is 4. The largest absolute Gasteiger partial charge is 0.355 e. The fourth-order valence-corrected chi connectivity index (χ4v) is 3.52. The Morgan fingerprint density at radius 1 is 1.26 bits per heavy atom. The Hall–Kier alpha value is -1.92. The van der Waals surface area contributed by atoms with Crippen LogP contribution in [0, 0.1) is 6.92 Å². The van der Waals surface area contributed by atoms with Gasteiger partial charge >= 0.3 is 0 Å². The molecule has 3 N–H and O–H groups in total. The zero-order valence-electron chi connectivity index (χ0n) is 13.5. The van der Waals surface area contributed by atoms with Gasteiger partial charge in [-0.2, -0.15) is 0 Å². The SMILES string of the molecule is CCc1c(C(=O)NNC(=S)NC(C)c2ccccc2)csc1C. The maximum absolute atomic E-state index is 12.2. The van der Waals surface area contributed by atoms with Crippen molar-refractivity contribution in [1.82, 2.24) is 16.2 Å². The summed E-state index contributed by atoms with van der Waals surface area (Å²) in [7, 11) is 0. The molecule has 0 aliphatic heterocycles. The lowest BCUT2D eigenvalue weighted by Gasteiger charge is -2.17. The summed E-state index contributed by atoms with van der Waals surface area (Å²) in [6.07, 6.45) is 0.839. The normalized spacial score (nSPS) is 11.6. The first-order valence-electron chi connectivity index (χ1n) is 7.51. The van der Waals surface area contributed by atoms with E-state index < -0.39 is 0 Å². The van der Waals surface area contributed by atoms with Gasteiger partial charge in [0.1, 0.15) is 0 Å². The van der Waals surface area contributed by atoms with Crippen molar-refractivity contribution in [2.24, 2.45) is 0 Å². The molecular formula is C17H21N3OS2. The van der Waals surface area contributed by atoms with Crippen molar-refractivity contribution in [2.45, 2.75) is 33.2 Å². The molecule has 6 heteroatoms. The molecule has 0 saturated carbocycles. The Kier molecular flexibility index (Phi) is 6.12. The summed E-state index contributed by atoms with van der Waals surface area (Å²) in [5.41, 5.74) is 8.35. The van der Waals surface area contributed by atoms with Crippen molar-refractivity contribution in [2.75, 3.05) is 0 Å². The zero-order chi connectivity index (χ0) is 16.8. The highest BCUT2D eigenvalue weighted by Crippen LogP contribution is 2.21. The first-order chi connectivity index (χ1) is 11.0. The van der Waals surface area contributed by atoms with E-state index in [2.05, 4.69) is 16.2 Å². The second-order valence-electron chi connectivity index (χ2n) is 5.22. The summed E-state index contributed by atoms with van der Waals surface area (Å²) < 4.78 is 0. The quantitative estimate of drug-likeness (QED) is 0.585. The molecule has 0 spiro atoms. The highest BCUT2D eigenvalue weighted by Gasteiger charge is 2.14. The van der Waals surface area contributed by atoms with Gasteiger partial charge in [0.05, 0.1) is 11.6 Å². The smallest absolute Gasteiger partial charge is 0.270 e. The predicted octanol–water partition coefficient (Wildman–Crippen LogP) is 3.49. The summed E-state index contributed by atoms with van der Waals surface area (Å²) >= 11 is 6.82. The average Bonchev–Trinajstić information content (AvgIpc) is 2.94. The standard InChI is InChI=1S/C17H21N3OS2/c1-4-14-12(3)23-10-15(14)16(21)19-20-17(22)18-11(2)13-8-6-5-7-9-13/h5-11H,4H2,1-3H3,(H,19,21)(H2,18,20,22). The summed E-state index contributed by atoms with van der Waals surface area (Å²) in [5, 5.41) is 5.42. The van der Waals surface area contributed by atoms with Gasteiger partial charge in [-0.05, 0) is 43.6 Å². The minimum atomic E-state index is -0.164. The molecule has 0 aliphatic rings. The van der Waals surface area contributed by atoms with Crippen LogP contribution in [0.2, 0.25) is 0 Å². The minimum absolute atomic E-state index is 0.0581. The number of amides is 1. The van der Waals surface area contributed by atoms with Gasteiger partial charge in [0.15, 0.2) is 5.11 Å². The fraction of sp³-hybridized carbons (Fsp3) is 0.294. The Morgan fingerprint density at radius 3 is 2.61 bits per heavy atom. The van der Waals surface area contributed by atoms with Crippen LogP contribution in [-0.4, -0.2) is 11.0 Å². The monoisotopic (exact) mass is 347 g/mol. The third kappa shape index (κ3) is 4.53. The molecule has 0 saturated heterocycles. The number of carbonyl (C=O) groups excluding carboxylic acids is 1. The van der Waals surface area contributed by atoms with Gasteiger partial charge in [-0.3, -0.25) is 15.6 Å². The highest BCUT2D eigenvalue weighted by molar-refractivity contribution is 7.80. The molecule has 0 radical (unpaired) electrons. The lowest BCUT2D eigenvalue weighted by Crippen LogP contribution is -2.47. The molecule has 1 amide bonds. The maximum atomic E-state index is 12.2. The highest BCUT2D eigenvalue weighted by atomic mass is 32.1. The van der Waals surface area contributed by atoms with Gasteiger partial charge < -0.3 is 5.32 Å². The van der Waals surface area contributed by atoms with E-state index in [0.717, 1.165) is 17.5 Å². The van der Waals surface area contributed by atoms with Gasteiger partial charge in [-0.15, -0.1) is 11.3 Å². The van der Waals surface area contributed by atoms with Crippen LogP contribution in [-0.2, 0) is 6.42 Å². The molecule has 4 nitrogen and oxygen atoms in total. The number of hydrazine groups is 1. The summed E-state index contributed by atoms with van der Waals surface area (Å²) in [6, 6.07) is 10.1. The van der Waals surface area contributed by atoms with Gasteiger partial charge in [0.2, 0.25) is 0 Å². The van der Waals surface area contributed by atoms with Crippen molar-refractivity contribution >= 4 is 34.6 Å². The van der Waals surface area contributed by atoms with E-state index in [9.17, 15) is 4.79 Å². The molecular weight excluding hydrogens is 326 g/mol. The fourth-order valence-electron chi connectivity index (χ4n) is 2.35. The summed E-state index contributed by atoms with van der Waals surface area (Å²) in [4.78, 5) is 13.4. The number of aryl methyl sites for hydroxylation is 1. The minimum Gasteiger partial charge on any atom is -0.355 e. The molecule has 0 aliphatic carbocycles. The van der Waals surface area contributed by atoms with Crippen molar-refractivity contribution in [3.63, 3.8) is 0 Å². The molecule has 23 heavy (non-hydrogen) atoms. The Labute approximate surface area is 146 Å². The van der Waals surface area contributed by atoms with Crippen LogP contribution in [0.15, 0.2) is 35.7 Å². The number of benzene rings is 1. The van der Waals surface area contributed by atoms with Gasteiger partial charge in [0, 0.05) is 10.3 Å². The van der Waals surface area contributed by atoms with Crippen molar-refractivity contribution in [3.8, 4) is 0 Å². The molecule has 122 valence electrons. The second-order valence-corrected chi connectivity index (χ2v) is 6.71. The van der Waals surface area contributed by atoms with E-state index in [-0.39, 0.29) is 11.9 Å². The number of hydrogen-bond donors (Lipinski definition) is 3. The molecule has 1 aromatic carbocycles. The van der Waals surface area contributed by atoms with Crippen LogP contribution in [0.5, 0.6) is 0 Å². The number of hydrogen-bond acceptors (Lipinski definition) is 3. The van der Waals surface area contributed by atoms with E-state index >= 15 is 0 Å². The molecule has 1 unspecified atom stereocenters. The number of thiophene rings is 1. The number of thiocarbonyl (C=S) groups is 1. The average molecular weight is 348 g/mol. The summed E-state index contributed by atoms with van der Waals surface area (Å²) in [6.45, 7) is 6.09. The Bertz CT molecular complexity index is 682. The van der Waals surface area contributed by atoms with Gasteiger partial charge in [0.25, 0.3) is 5.91 Å². The van der Waals surface area contributed by atoms with Crippen LogP contribution in [0.25, 0.3) is 0 Å². The van der Waals surface area contributed by atoms with Crippen LogP contribution in [0.1, 0.15) is 46.3 Å². The molecule has 2 aromatic rings. The summed E-state index contributed by atoms with van der Waals surface area (Å²) in [5.74, 6) is -0.164. The van der Waals surface area contributed by atoms with Crippen LogP contribution >= 0.6 is 23.6 Å². The predicted molar refractivity (Wildman–Crippen MR) is 99.6 cm³/mol. The Balaban J connectivity index is 1.88. The zero-order valence-corrected chi connectivity index (χ0v) is 15.1. The number of nitrogens with one attached hydrogen (secondary N) is 3. The first-order valence-corrected chi connectivity index (χ1v) is 8.80. The van der Waals surface area contributed by atoms with Crippen LogP contribution in [0.3, 0.4) is 0 Å². The molecule has 0 bridgehead atoms. The van der Waals surface area contributed by atoms with E-state index in [1.54, 1.807) is 11.3 Å². The lowest BCUT2D eigenvalue weighted by molar-refractivity contribution is 0.0943. The maximum Gasteiger partial charge on any atom is 0.270 e. The van der Waals surface area contributed by atoms with Crippen molar-refractivity contribution in [1.29, 1.82) is 0 Å². The van der Waals surface area contributed by atoms with Crippen molar-refractivity contribution in [3.05, 3.63) is 57.3 Å². The first kappa shape index (κ1) is 17.4. The van der Waals surface area contributed by atoms with E-state index in [1.807, 2.05) is 56.5 Å². The molecule has 1 aromatic heterocycles. The van der Waals surface area contributed by atoms with E-state index in [1.165, 1.54) is 4.88 Å².